The number of hydrogen-bond donors (Lipinski definition) is 3. The van der Waals surface area contributed by atoms with Gasteiger partial charge in [0.1, 0.15) is 11.6 Å². The molecular formula is C32H41N9O. The number of aromatic nitrogens is 3. The molecule has 0 aliphatic carbocycles. The molecule has 4 heterocycles. The summed E-state index contributed by atoms with van der Waals surface area (Å²) >= 11 is 0. The van der Waals surface area contributed by atoms with Crippen LogP contribution in [0.2, 0.25) is 0 Å². The molecule has 10 heteroatoms. The average molecular weight is 568 g/mol. The van der Waals surface area contributed by atoms with Gasteiger partial charge in [-0.2, -0.15) is 0 Å². The summed E-state index contributed by atoms with van der Waals surface area (Å²) in [4.78, 5) is 16.4. The van der Waals surface area contributed by atoms with Crippen LogP contribution in [0.3, 0.4) is 0 Å². The van der Waals surface area contributed by atoms with E-state index < -0.39 is 0 Å². The number of hydrogen-bond acceptors (Lipinski definition) is 9. The number of benzene rings is 2. The van der Waals surface area contributed by atoms with Gasteiger partial charge >= 0.3 is 0 Å². The highest BCUT2D eigenvalue weighted by Crippen LogP contribution is 2.44. The Kier molecular flexibility index (Phi) is 7.55. The van der Waals surface area contributed by atoms with Crippen molar-refractivity contribution >= 4 is 39.7 Å². The van der Waals surface area contributed by atoms with Crippen molar-refractivity contribution in [2.45, 2.75) is 19.4 Å². The monoisotopic (exact) mass is 567 g/mol. The minimum atomic E-state index is 0.488. The SMILES string of the molecule is C=C1CN(c2c(-c3ccnc(Nc4cc(N)c(N(C)CCN(C)C)cc4OC)n3)c3cccc4c3n2CCC4)CCN1. The molecule has 0 radical (unpaired) electrons. The number of piperazine rings is 1. The highest BCUT2D eigenvalue weighted by Gasteiger charge is 2.28. The molecule has 2 aromatic carbocycles. The lowest BCUT2D eigenvalue weighted by molar-refractivity contribution is 0.413. The highest BCUT2D eigenvalue weighted by molar-refractivity contribution is 6.04. The second-order valence-electron chi connectivity index (χ2n) is 11.4. The van der Waals surface area contributed by atoms with Crippen LogP contribution < -0.4 is 30.9 Å². The average Bonchev–Trinajstić information content (AvgIpc) is 3.32. The molecule has 0 atom stereocenters. The van der Waals surface area contributed by atoms with Crippen molar-refractivity contribution in [3.05, 3.63) is 60.4 Å². The van der Waals surface area contributed by atoms with Crippen LogP contribution >= 0.6 is 0 Å². The van der Waals surface area contributed by atoms with Crippen LogP contribution in [0.25, 0.3) is 22.2 Å². The lowest BCUT2D eigenvalue weighted by Gasteiger charge is -2.33. The molecule has 0 amide bonds. The Morgan fingerprint density at radius 3 is 2.79 bits per heavy atom. The topological polar surface area (TPSA) is 99.7 Å². The van der Waals surface area contributed by atoms with E-state index in [1.54, 1.807) is 7.11 Å². The molecule has 2 aliphatic rings. The first-order chi connectivity index (χ1) is 20.3. The van der Waals surface area contributed by atoms with Gasteiger partial charge in [0.2, 0.25) is 5.95 Å². The molecule has 1 saturated heterocycles. The molecule has 42 heavy (non-hydrogen) atoms. The minimum absolute atomic E-state index is 0.488. The van der Waals surface area contributed by atoms with E-state index in [0.717, 1.165) is 80.4 Å². The van der Waals surface area contributed by atoms with E-state index in [2.05, 4.69) is 73.8 Å². The molecule has 10 nitrogen and oxygen atoms in total. The Morgan fingerprint density at radius 1 is 1.14 bits per heavy atom. The van der Waals surface area contributed by atoms with E-state index in [1.807, 2.05) is 31.4 Å². The van der Waals surface area contributed by atoms with Crippen LogP contribution in [-0.2, 0) is 13.0 Å². The smallest absolute Gasteiger partial charge is 0.227 e. The van der Waals surface area contributed by atoms with E-state index in [-0.39, 0.29) is 0 Å². The van der Waals surface area contributed by atoms with E-state index in [4.69, 9.17) is 15.5 Å². The number of nitrogens with one attached hydrogen (secondary N) is 2. The molecule has 0 saturated carbocycles. The van der Waals surface area contributed by atoms with Crippen molar-refractivity contribution < 1.29 is 4.74 Å². The molecule has 1 fully saturated rings. The molecule has 2 aromatic heterocycles. The number of ether oxygens (including phenoxy) is 1. The van der Waals surface area contributed by atoms with Crippen molar-refractivity contribution in [2.75, 3.05) is 81.8 Å². The number of nitrogens with two attached hydrogens (primary N) is 1. The highest BCUT2D eigenvalue weighted by atomic mass is 16.5. The van der Waals surface area contributed by atoms with Gasteiger partial charge in [-0.1, -0.05) is 24.8 Å². The van der Waals surface area contributed by atoms with Crippen LogP contribution in [0, 0.1) is 0 Å². The third-order valence-corrected chi connectivity index (χ3v) is 8.20. The maximum atomic E-state index is 6.53. The van der Waals surface area contributed by atoms with Crippen molar-refractivity contribution in [1.82, 2.24) is 24.8 Å². The summed E-state index contributed by atoms with van der Waals surface area (Å²) in [6, 6.07) is 12.5. The predicted molar refractivity (Wildman–Crippen MR) is 173 cm³/mol. The fourth-order valence-electron chi connectivity index (χ4n) is 6.15. The Bertz CT molecular complexity index is 1630. The number of para-hydroxylation sites is 1. The van der Waals surface area contributed by atoms with Gasteiger partial charge in [-0.05, 0) is 44.6 Å². The van der Waals surface area contributed by atoms with Crippen molar-refractivity contribution in [2.24, 2.45) is 0 Å². The molecule has 0 spiro atoms. The Morgan fingerprint density at radius 2 is 2.00 bits per heavy atom. The van der Waals surface area contributed by atoms with Gasteiger partial charge in [0.25, 0.3) is 0 Å². The molecule has 4 N–H and O–H groups in total. The number of nitrogens with zero attached hydrogens (tertiary/aromatic N) is 6. The van der Waals surface area contributed by atoms with Gasteiger partial charge in [0.15, 0.2) is 0 Å². The zero-order chi connectivity index (χ0) is 29.4. The minimum Gasteiger partial charge on any atom is -0.494 e. The fourth-order valence-corrected chi connectivity index (χ4v) is 6.15. The number of likely N-dealkylation sites (N-methyl/N-ethyl adjacent to an activating group) is 2. The maximum absolute atomic E-state index is 6.53. The normalized spacial score (nSPS) is 14.8. The van der Waals surface area contributed by atoms with Crippen LogP contribution in [0.5, 0.6) is 5.75 Å². The molecule has 220 valence electrons. The number of anilines is 5. The third kappa shape index (κ3) is 5.18. The predicted octanol–water partition coefficient (Wildman–Crippen LogP) is 4.30. The Balaban J connectivity index is 1.39. The van der Waals surface area contributed by atoms with Gasteiger partial charge in [-0.25, -0.2) is 9.97 Å². The zero-order valence-electron chi connectivity index (χ0n) is 25.1. The first-order valence-corrected chi connectivity index (χ1v) is 14.6. The summed E-state index contributed by atoms with van der Waals surface area (Å²) in [5.41, 5.74) is 14.6. The first-order valence-electron chi connectivity index (χ1n) is 14.6. The second-order valence-corrected chi connectivity index (χ2v) is 11.4. The van der Waals surface area contributed by atoms with Crippen molar-refractivity contribution in [3.63, 3.8) is 0 Å². The maximum Gasteiger partial charge on any atom is 0.227 e. The quantitative estimate of drug-likeness (QED) is 0.256. The Hall–Kier alpha value is -4.44. The van der Waals surface area contributed by atoms with Gasteiger partial charge in [-0.15, -0.1) is 0 Å². The van der Waals surface area contributed by atoms with Gasteiger partial charge in [0.05, 0.1) is 47.5 Å². The summed E-state index contributed by atoms with van der Waals surface area (Å²) in [5, 5.41) is 8.02. The summed E-state index contributed by atoms with van der Waals surface area (Å²) in [6.45, 7) is 9.51. The van der Waals surface area contributed by atoms with Gasteiger partial charge in [-0.3, -0.25) is 0 Å². The first kappa shape index (κ1) is 27.7. The fraction of sp³-hybridized carbons (Fsp3) is 0.375. The van der Waals surface area contributed by atoms with Crippen molar-refractivity contribution in [1.29, 1.82) is 0 Å². The van der Waals surface area contributed by atoms with E-state index >= 15 is 0 Å². The van der Waals surface area contributed by atoms with Crippen LogP contribution in [0.1, 0.15) is 12.0 Å². The van der Waals surface area contributed by atoms with E-state index in [0.29, 0.717) is 17.4 Å². The van der Waals surface area contributed by atoms with Gasteiger partial charge in [0, 0.05) is 63.1 Å². The largest absolute Gasteiger partial charge is 0.494 e. The van der Waals surface area contributed by atoms with Crippen LogP contribution in [0.4, 0.5) is 28.8 Å². The summed E-state index contributed by atoms with van der Waals surface area (Å²) in [7, 11) is 7.83. The summed E-state index contributed by atoms with van der Waals surface area (Å²) in [6.07, 6.45) is 4.03. The summed E-state index contributed by atoms with van der Waals surface area (Å²) < 4.78 is 8.27. The van der Waals surface area contributed by atoms with Gasteiger partial charge < -0.3 is 40.4 Å². The van der Waals surface area contributed by atoms with Crippen molar-refractivity contribution in [3.8, 4) is 17.0 Å². The zero-order valence-corrected chi connectivity index (χ0v) is 25.1. The molecule has 6 rings (SSSR count). The lowest BCUT2D eigenvalue weighted by atomic mass is 10.0. The summed E-state index contributed by atoms with van der Waals surface area (Å²) in [5.74, 6) is 2.37. The molecular weight excluding hydrogens is 526 g/mol. The Labute approximate surface area is 247 Å². The third-order valence-electron chi connectivity index (χ3n) is 8.20. The standard InChI is InChI=1S/C32H41N9O/c1-21-20-40(15-13-34-21)31-29(23-10-6-8-22-9-7-14-41(31)30(22)23)25-11-12-35-32(36-25)37-26-18-24(33)27(19-28(26)42-5)39(4)17-16-38(2)3/h6,8,10-12,18-19,34H,1,7,9,13-17,20,33H2,2-5H3,(H,35,36,37). The molecule has 4 aromatic rings. The lowest BCUT2D eigenvalue weighted by Crippen LogP contribution is -2.42. The number of methoxy groups -OCH3 is 1. The number of aryl methyl sites for hydroxylation is 2. The molecule has 0 unspecified atom stereocenters. The van der Waals surface area contributed by atoms with E-state index in [9.17, 15) is 0 Å². The molecule has 2 aliphatic heterocycles. The van der Waals surface area contributed by atoms with E-state index in [1.165, 1.54) is 22.3 Å². The van der Waals surface area contributed by atoms with Crippen LogP contribution in [-0.4, -0.2) is 80.4 Å². The second kappa shape index (κ2) is 11.4. The number of rotatable bonds is 9. The number of nitrogen functional groups attached to an aromatic ring is 1. The molecule has 0 bridgehead atoms. The van der Waals surface area contributed by atoms with Crippen LogP contribution in [0.15, 0.2) is 54.9 Å².